The first-order valence-electron chi connectivity index (χ1n) is 7.39. The Kier molecular flexibility index (Phi) is 3.32. The lowest BCUT2D eigenvalue weighted by Gasteiger charge is -2.31. The van der Waals surface area contributed by atoms with Crippen molar-refractivity contribution in [3.63, 3.8) is 0 Å². The van der Waals surface area contributed by atoms with Crippen molar-refractivity contribution in [2.24, 2.45) is 11.7 Å². The van der Waals surface area contributed by atoms with Gasteiger partial charge in [-0.1, -0.05) is 0 Å². The van der Waals surface area contributed by atoms with Crippen LogP contribution in [0.25, 0.3) is 0 Å². The number of piperidine rings is 1. The summed E-state index contributed by atoms with van der Waals surface area (Å²) in [5.41, 5.74) is 4.43. The van der Waals surface area contributed by atoms with Gasteiger partial charge in [-0.3, -0.25) is 9.69 Å². The largest absolute Gasteiger partial charge is 0.350 e. The Bertz CT molecular complexity index is 310. The Morgan fingerprint density at radius 3 is 2.69 bits per heavy atom. The van der Waals surface area contributed by atoms with E-state index in [1.54, 1.807) is 0 Å². The summed E-state index contributed by atoms with van der Waals surface area (Å²) in [5.74, 6) is 0.324. The van der Waals surface area contributed by atoms with Crippen LogP contribution in [0.3, 0.4) is 0 Å². The number of carbonyl (C=O) groups excluding carboxylic acids is 1. The highest BCUT2D eigenvalue weighted by molar-refractivity contribution is 5.78. The summed E-state index contributed by atoms with van der Waals surface area (Å²) in [5, 5.41) is 2.60. The average Bonchev–Trinajstić information content (AvgIpc) is 2.27. The Balaban J connectivity index is 2.40. The average molecular weight is 230 g/mol. The molecule has 0 atom stereocenters. The number of hydrogen-bond acceptors (Lipinski definition) is 3. The highest BCUT2D eigenvalue weighted by Crippen LogP contribution is 2.15. The summed E-state index contributed by atoms with van der Waals surface area (Å²) < 4.78 is 22.2. The fraction of sp³-hybridized carbons (Fsp3) is 0.917. The van der Waals surface area contributed by atoms with Crippen LogP contribution in [0.15, 0.2) is 0 Å². The monoisotopic (exact) mass is 230 g/mol. The van der Waals surface area contributed by atoms with Crippen LogP contribution >= 0.6 is 0 Å². The predicted molar refractivity (Wildman–Crippen MR) is 66.1 cm³/mol. The van der Waals surface area contributed by atoms with E-state index in [1.165, 1.54) is 13.8 Å². The molecular formula is C12H25N3O. The second-order valence-electron chi connectivity index (χ2n) is 5.13. The van der Waals surface area contributed by atoms with Crippen LogP contribution in [0.4, 0.5) is 0 Å². The van der Waals surface area contributed by atoms with Crippen molar-refractivity contribution in [3.8, 4) is 0 Å². The van der Waals surface area contributed by atoms with Gasteiger partial charge in [0.15, 0.2) is 0 Å². The van der Waals surface area contributed by atoms with Crippen molar-refractivity contribution >= 4 is 5.91 Å². The third-order valence-electron chi connectivity index (χ3n) is 2.86. The Morgan fingerprint density at radius 1 is 1.56 bits per heavy atom. The maximum atomic E-state index is 11.9. The molecule has 4 nitrogen and oxygen atoms in total. The zero-order valence-electron chi connectivity index (χ0n) is 13.3. The van der Waals surface area contributed by atoms with Crippen molar-refractivity contribution in [1.82, 2.24) is 10.2 Å². The first-order valence-corrected chi connectivity index (χ1v) is 5.89. The highest BCUT2D eigenvalue weighted by atomic mass is 16.2. The van der Waals surface area contributed by atoms with Crippen LogP contribution in [0, 0.1) is 5.92 Å². The number of carbonyl (C=O) groups is 1. The van der Waals surface area contributed by atoms with E-state index in [1.807, 2.05) is 0 Å². The van der Waals surface area contributed by atoms with Gasteiger partial charge in [-0.2, -0.15) is 0 Å². The maximum absolute atomic E-state index is 11.9. The molecule has 0 aromatic carbocycles. The third-order valence-corrected chi connectivity index (χ3v) is 2.86. The van der Waals surface area contributed by atoms with Crippen LogP contribution in [0.2, 0.25) is 0 Å². The highest BCUT2D eigenvalue weighted by Gasteiger charge is 2.21. The molecule has 1 rings (SSSR count). The Morgan fingerprint density at radius 2 is 2.19 bits per heavy atom. The van der Waals surface area contributed by atoms with Crippen molar-refractivity contribution in [2.45, 2.75) is 39.1 Å². The van der Waals surface area contributed by atoms with Crippen molar-refractivity contribution < 1.29 is 8.91 Å². The molecule has 94 valence electrons. The molecular weight excluding hydrogens is 202 g/mol. The van der Waals surface area contributed by atoms with Gasteiger partial charge in [0.05, 0.1) is 6.54 Å². The molecule has 16 heavy (non-hydrogen) atoms. The molecule has 0 spiro atoms. The molecule has 1 saturated heterocycles. The fourth-order valence-corrected chi connectivity index (χ4v) is 1.97. The maximum Gasteiger partial charge on any atom is 0.234 e. The van der Waals surface area contributed by atoms with Crippen LogP contribution in [-0.4, -0.2) is 42.5 Å². The first kappa shape index (κ1) is 9.42. The lowest BCUT2D eigenvalue weighted by Crippen LogP contribution is -2.47. The first-order chi connectivity index (χ1) is 8.65. The summed E-state index contributed by atoms with van der Waals surface area (Å²) in [6.45, 7) is 3.52. The quantitative estimate of drug-likeness (QED) is 0.745. The topological polar surface area (TPSA) is 58.4 Å². The molecule has 0 aliphatic carbocycles. The van der Waals surface area contributed by atoms with Crippen molar-refractivity contribution in [1.29, 1.82) is 0 Å². The Labute approximate surface area is 103 Å². The normalized spacial score (nSPS) is 23.3. The van der Waals surface area contributed by atoms with Gasteiger partial charge in [-0.05, 0) is 59.1 Å². The molecule has 1 amide bonds. The van der Waals surface area contributed by atoms with Crippen LogP contribution in [-0.2, 0) is 4.79 Å². The molecule has 0 bridgehead atoms. The number of likely N-dealkylation sites (tertiary alicyclic amines) is 1. The summed E-state index contributed by atoms with van der Waals surface area (Å²) in [6.07, 6.45) is 2.01. The molecule has 1 aliphatic rings. The molecule has 4 heteroatoms. The van der Waals surface area contributed by atoms with E-state index in [-0.39, 0.29) is 12.5 Å². The van der Waals surface area contributed by atoms with Gasteiger partial charge in [0.25, 0.3) is 0 Å². The second-order valence-corrected chi connectivity index (χ2v) is 5.13. The van der Waals surface area contributed by atoms with Crippen LogP contribution < -0.4 is 11.1 Å². The van der Waals surface area contributed by atoms with Gasteiger partial charge < -0.3 is 11.1 Å². The van der Waals surface area contributed by atoms with Gasteiger partial charge in [0.1, 0.15) is 0 Å². The minimum atomic E-state index is -2.20. The molecule has 0 radical (unpaired) electrons. The molecule has 1 fully saturated rings. The van der Waals surface area contributed by atoms with E-state index >= 15 is 0 Å². The molecule has 0 unspecified atom stereocenters. The molecule has 0 aromatic heterocycles. The van der Waals surface area contributed by atoms with E-state index in [2.05, 4.69) is 10.2 Å². The zero-order chi connectivity index (χ0) is 14.7. The number of amides is 1. The van der Waals surface area contributed by atoms with E-state index in [9.17, 15) is 4.79 Å². The zero-order valence-corrected chi connectivity index (χ0v) is 10.3. The summed E-state index contributed by atoms with van der Waals surface area (Å²) in [6, 6.07) is 0. The van der Waals surface area contributed by atoms with Gasteiger partial charge in [-0.15, -0.1) is 0 Å². The van der Waals surface area contributed by atoms with E-state index < -0.39 is 12.4 Å². The van der Waals surface area contributed by atoms with Gasteiger partial charge >= 0.3 is 0 Å². The molecule has 1 heterocycles. The van der Waals surface area contributed by atoms with E-state index in [0.29, 0.717) is 12.5 Å². The lowest BCUT2D eigenvalue weighted by molar-refractivity contribution is -0.124. The predicted octanol–water partition coefficient (Wildman–Crippen LogP) is 0.572. The number of hydrogen-bond donors (Lipinski definition) is 2. The van der Waals surface area contributed by atoms with Gasteiger partial charge in [0, 0.05) is 9.65 Å². The number of nitrogens with two attached hydrogens (primary N) is 1. The van der Waals surface area contributed by atoms with Crippen LogP contribution in [0.5, 0.6) is 0 Å². The fourth-order valence-electron chi connectivity index (χ4n) is 1.97. The smallest absolute Gasteiger partial charge is 0.234 e. The second kappa shape index (κ2) is 5.64. The molecule has 1 aliphatic heterocycles. The summed E-state index contributed by atoms with van der Waals surface area (Å²) in [4.78, 5) is 13.9. The van der Waals surface area contributed by atoms with E-state index in [4.69, 9.17) is 9.85 Å². The molecule has 0 saturated carbocycles. The standard InChI is InChI=1S/C12H25N3O/c1-12(2,3)14-11(16)9-15-6-4-10(8-13)5-7-15/h10H,4-9,13H2,1-3H3,(H,14,16)/i1D3. The van der Waals surface area contributed by atoms with Crippen LogP contribution in [0.1, 0.15) is 37.7 Å². The minimum absolute atomic E-state index is 0.229. The van der Waals surface area contributed by atoms with E-state index in [0.717, 1.165) is 25.9 Å². The SMILES string of the molecule is [2H]C([2H])([2H])C(C)(C)NC(=O)CN1CCC(CN)CC1. The molecule has 3 N–H and O–H groups in total. The van der Waals surface area contributed by atoms with Crippen molar-refractivity contribution in [3.05, 3.63) is 0 Å². The number of nitrogens with one attached hydrogen (secondary N) is 1. The Hall–Kier alpha value is -0.610. The number of rotatable bonds is 3. The van der Waals surface area contributed by atoms with Crippen molar-refractivity contribution in [2.75, 3.05) is 26.2 Å². The van der Waals surface area contributed by atoms with Gasteiger partial charge in [0.2, 0.25) is 5.91 Å². The summed E-state index contributed by atoms with van der Waals surface area (Å²) >= 11 is 0. The summed E-state index contributed by atoms with van der Waals surface area (Å²) in [7, 11) is 0. The lowest BCUT2D eigenvalue weighted by atomic mass is 9.97. The molecule has 0 aromatic rings. The number of nitrogens with zero attached hydrogens (tertiary/aromatic N) is 1. The minimum Gasteiger partial charge on any atom is -0.350 e. The third kappa shape index (κ3) is 4.94. The van der Waals surface area contributed by atoms with Gasteiger partial charge in [-0.25, -0.2) is 0 Å².